The molecule has 16 nitrogen and oxygen atoms in total. The monoisotopic (exact) mass is 517 g/mol. The first-order valence-electron chi connectivity index (χ1n) is 11.2. The van der Waals surface area contributed by atoms with Crippen molar-refractivity contribution in [2.45, 2.75) is 75.5 Å². The number of aliphatic carboxylic acids is 2. The summed E-state index contributed by atoms with van der Waals surface area (Å²) in [5.41, 5.74) is 21.2. The number of nitrogens with two attached hydrogens (primary N) is 4. The first-order chi connectivity index (χ1) is 16.8. The van der Waals surface area contributed by atoms with Crippen LogP contribution in [0.1, 0.15) is 51.4 Å². The summed E-state index contributed by atoms with van der Waals surface area (Å²) >= 11 is 0. The molecular formula is C20H35N7O9. The van der Waals surface area contributed by atoms with E-state index < -0.39 is 84.9 Å². The fourth-order valence-electron chi connectivity index (χ4n) is 2.98. The van der Waals surface area contributed by atoms with Crippen LogP contribution >= 0.6 is 0 Å². The van der Waals surface area contributed by atoms with Gasteiger partial charge in [-0.1, -0.05) is 0 Å². The van der Waals surface area contributed by atoms with Crippen LogP contribution in [0.2, 0.25) is 0 Å². The van der Waals surface area contributed by atoms with Crippen molar-refractivity contribution in [3.8, 4) is 0 Å². The van der Waals surface area contributed by atoms with Gasteiger partial charge < -0.3 is 49.1 Å². The van der Waals surface area contributed by atoms with Crippen LogP contribution in [0, 0.1) is 0 Å². The minimum Gasteiger partial charge on any atom is -0.481 e. The van der Waals surface area contributed by atoms with Crippen LogP contribution in [-0.2, 0) is 33.6 Å². The molecule has 13 N–H and O–H groups in total. The molecule has 0 saturated heterocycles. The lowest BCUT2D eigenvalue weighted by atomic mass is 10.0. The van der Waals surface area contributed by atoms with E-state index in [1.165, 1.54) is 0 Å². The number of carbonyl (C=O) groups is 7. The van der Waals surface area contributed by atoms with E-state index >= 15 is 0 Å². The summed E-state index contributed by atoms with van der Waals surface area (Å²) in [4.78, 5) is 82.4. The van der Waals surface area contributed by atoms with E-state index in [4.69, 9.17) is 28.0 Å². The Hall–Kier alpha value is -3.79. The van der Waals surface area contributed by atoms with Gasteiger partial charge in [-0.3, -0.25) is 28.8 Å². The van der Waals surface area contributed by atoms with Crippen molar-refractivity contribution >= 4 is 41.5 Å². The van der Waals surface area contributed by atoms with Crippen LogP contribution in [0.3, 0.4) is 0 Å². The Morgan fingerprint density at radius 2 is 1.17 bits per heavy atom. The van der Waals surface area contributed by atoms with E-state index in [-0.39, 0.29) is 25.8 Å². The summed E-state index contributed by atoms with van der Waals surface area (Å²) < 4.78 is 0. The zero-order valence-corrected chi connectivity index (χ0v) is 19.7. The smallest absolute Gasteiger partial charge is 0.326 e. The van der Waals surface area contributed by atoms with Gasteiger partial charge in [-0.2, -0.15) is 0 Å². The summed E-state index contributed by atoms with van der Waals surface area (Å²) in [6, 6.07) is -5.56. The topological polar surface area (TPSA) is 300 Å². The van der Waals surface area contributed by atoms with Gasteiger partial charge in [0.1, 0.15) is 18.1 Å². The highest BCUT2D eigenvalue weighted by Crippen LogP contribution is 2.07. The molecule has 0 rings (SSSR count). The Balaban J connectivity index is 5.60. The number of unbranched alkanes of at least 4 members (excludes halogenated alkanes) is 1. The molecule has 16 heteroatoms. The molecule has 0 spiro atoms. The molecular weight excluding hydrogens is 482 g/mol. The third-order valence-corrected chi connectivity index (χ3v) is 4.91. The molecule has 36 heavy (non-hydrogen) atoms. The largest absolute Gasteiger partial charge is 0.481 e. The van der Waals surface area contributed by atoms with E-state index in [1.807, 2.05) is 0 Å². The Bertz CT molecular complexity index is 821. The minimum atomic E-state index is -1.53. The average molecular weight is 518 g/mol. The van der Waals surface area contributed by atoms with Crippen molar-refractivity contribution < 1.29 is 43.8 Å². The fraction of sp³-hybridized carbons (Fsp3) is 0.650. The molecule has 5 amide bonds. The van der Waals surface area contributed by atoms with E-state index in [1.54, 1.807) is 0 Å². The van der Waals surface area contributed by atoms with Gasteiger partial charge in [-0.25, -0.2) is 4.79 Å². The molecule has 0 radical (unpaired) electrons. The van der Waals surface area contributed by atoms with Gasteiger partial charge in [-0.05, 0) is 38.6 Å². The molecule has 0 aromatic rings. The third-order valence-electron chi connectivity index (χ3n) is 4.91. The number of hydrogen-bond donors (Lipinski definition) is 9. The Kier molecular flexibility index (Phi) is 15.0. The number of carboxylic acids is 2. The second-order valence-electron chi connectivity index (χ2n) is 8.02. The van der Waals surface area contributed by atoms with E-state index in [0.717, 1.165) is 0 Å². The summed E-state index contributed by atoms with van der Waals surface area (Å²) in [5, 5.41) is 24.9. The summed E-state index contributed by atoms with van der Waals surface area (Å²) in [7, 11) is 0. The van der Waals surface area contributed by atoms with Crippen molar-refractivity contribution in [3.05, 3.63) is 0 Å². The quantitative estimate of drug-likeness (QED) is 0.0743. The predicted octanol–water partition coefficient (Wildman–Crippen LogP) is -4.01. The van der Waals surface area contributed by atoms with Crippen LogP contribution in [-0.4, -0.2) is 82.4 Å². The molecule has 0 aliphatic heterocycles. The van der Waals surface area contributed by atoms with Crippen LogP contribution in [0.15, 0.2) is 0 Å². The van der Waals surface area contributed by atoms with Crippen molar-refractivity contribution in [2.24, 2.45) is 22.9 Å². The Morgan fingerprint density at radius 3 is 1.64 bits per heavy atom. The second-order valence-corrected chi connectivity index (χ2v) is 8.02. The zero-order chi connectivity index (χ0) is 27.8. The number of hydrogen-bond acceptors (Lipinski definition) is 9. The lowest BCUT2D eigenvalue weighted by Crippen LogP contribution is -2.57. The van der Waals surface area contributed by atoms with Gasteiger partial charge in [-0.15, -0.1) is 0 Å². The second kappa shape index (κ2) is 16.8. The van der Waals surface area contributed by atoms with Crippen LogP contribution in [0.5, 0.6) is 0 Å². The summed E-state index contributed by atoms with van der Waals surface area (Å²) in [5.74, 6) is -7.07. The number of amides is 5. The molecule has 204 valence electrons. The average Bonchev–Trinajstić information content (AvgIpc) is 2.77. The van der Waals surface area contributed by atoms with Gasteiger partial charge in [0.25, 0.3) is 0 Å². The van der Waals surface area contributed by atoms with Gasteiger partial charge >= 0.3 is 11.9 Å². The van der Waals surface area contributed by atoms with Gasteiger partial charge in [0.15, 0.2) is 0 Å². The number of carboxylic acid groups (broad SMARTS) is 2. The first kappa shape index (κ1) is 32.2. The fourth-order valence-corrected chi connectivity index (χ4v) is 2.98. The number of primary amides is 2. The van der Waals surface area contributed by atoms with Crippen molar-refractivity contribution in [1.29, 1.82) is 0 Å². The summed E-state index contributed by atoms with van der Waals surface area (Å²) in [6.45, 7) is 0.285. The van der Waals surface area contributed by atoms with Gasteiger partial charge in [0.2, 0.25) is 29.5 Å². The lowest BCUT2D eigenvalue weighted by molar-refractivity contribution is -0.143. The number of rotatable bonds is 19. The van der Waals surface area contributed by atoms with Gasteiger partial charge in [0, 0.05) is 12.8 Å². The van der Waals surface area contributed by atoms with Crippen LogP contribution < -0.4 is 38.9 Å². The molecule has 4 atom stereocenters. The van der Waals surface area contributed by atoms with Crippen molar-refractivity contribution in [3.63, 3.8) is 0 Å². The lowest BCUT2D eigenvalue weighted by Gasteiger charge is -2.25. The molecule has 0 saturated carbocycles. The highest BCUT2D eigenvalue weighted by Gasteiger charge is 2.30. The standard InChI is InChI=1S/C20H35N7O9/c21-8-2-1-3-11(18(33)27-13(20(35)36)5-7-16(30)31)26-19(34)12(4-6-14(23)28)25-17(32)10(22)9-15(24)29/h10-13H,1-9,21-22H2,(H2,23,28)(H2,24,29)(H,25,32)(H,26,34)(H,27,33)(H,30,31)(H,35,36). The predicted molar refractivity (Wildman–Crippen MR) is 123 cm³/mol. The van der Waals surface area contributed by atoms with Crippen molar-refractivity contribution in [2.75, 3.05) is 6.54 Å². The van der Waals surface area contributed by atoms with Crippen molar-refractivity contribution in [1.82, 2.24) is 16.0 Å². The Morgan fingerprint density at radius 1 is 0.667 bits per heavy atom. The maximum atomic E-state index is 12.9. The van der Waals surface area contributed by atoms with E-state index in [0.29, 0.717) is 12.8 Å². The molecule has 4 unspecified atom stereocenters. The highest BCUT2D eigenvalue weighted by atomic mass is 16.4. The summed E-state index contributed by atoms with van der Waals surface area (Å²) in [6.07, 6.45) is -1.12. The first-order valence-corrected chi connectivity index (χ1v) is 11.2. The van der Waals surface area contributed by atoms with E-state index in [2.05, 4.69) is 16.0 Å². The number of carbonyl (C=O) groups excluding carboxylic acids is 5. The molecule has 0 fully saturated rings. The third kappa shape index (κ3) is 13.8. The SMILES string of the molecule is NCCCCC(NC(=O)C(CCC(N)=O)NC(=O)C(N)CC(N)=O)C(=O)NC(CCC(=O)O)C(=O)O. The van der Waals surface area contributed by atoms with Crippen LogP contribution in [0.25, 0.3) is 0 Å². The highest BCUT2D eigenvalue weighted by molar-refractivity contribution is 5.95. The molecule has 0 aliphatic rings. The maximum Gasteiger partial charge on any atom is 0.326 e. The zero-order valence-electron chi connectivity index (χ0n) is 19.7. The van der Waals surface area contributed by atoms with Crippen LogP contribution in [0.4, 0.5) is 0 Å². The molecule has 0 bridgehead atoms. The van der Waals surface area contributed by atoms with Gasteiger partial charge in [0.05, 0.1) is 12.5 Å². The molecule has 0 heterocycles. The molecule has 0 aromatic heterocycles. The normalized spacial score (nSPS) is 13.9. The molecule has 0 aromatic carbocycles. The number of nitrogens with one attached hydrogen (secondary N) is 3. The molecule has 0 aliphatic carbocycles. The van der Waals surface area contributed by atoms with E-state index in [9.17, 15) is 38.7 Å². The Labute approximate surface area is 206 Å². The minimum absolute atomic E-state index is 0.0394. The maximum absolute atomic E-state index is 12.9.